The van der Waals surface area contributed by atoms with Gasteiger partial charge in [-0.3, -0.25) is 9.52 Å². The molecule has 0 aliphatic carbocycles. The Morgan fingerprint density at radius 1 is 1.03 bits per heavy atom. The van der Waals surface area contributed by atoms with Crippen LogP contribution >= 0.6 is 11.6 Å². The number of hydrazone groups is 1. The van der Waals surface area contributed by atoms with Crippen molar-refractivity contribution in [3.8, 4) is 5.75 Å². The molecule has 0 atom stereocenters. The highest BCUT2D eigenvalue weighted by atomic mass is 35.5. The first-order chi connectivity index (χ1) is 15.2. The largest absolute Gasteiger partial charge is 0.435 e. The predicted molar refractivity (Wildman–Crippen MR) is 117 cm³/mol. The van der Waals surface area contributed by atoms with Crippen LogP contribution in [0.4, 0.5) is 14.5 Å². The van der Waals surface area contributed by atoms with Crippen LogP contribution in [0.15, 0.2) is 82.8 Å². The third kappa shape index (κ3) is 6.25. The summed E-state index contributed by atoms with van der Waals surface area (Å²) in [5, 5.41) is 4.01. The van der Waals surface area contributed by atoms with Gasteiger partial charge in [0.2, 0.25) is 0 Å². The molecule has 0 aliphatic rings. The number of hydrogen-bond acceptors (Lipinski definition) is 5. The molecule has 2 N–H and O–H groups in total. The van der Waals surface area contributed by atoms with E-state index in [-0.39, 0.29) is 26.9 Å². The zero-order chi connectivity index (χ0) is 23.1. The molecule has 0 aliphatic heterocycles. The molecule has 0 saturated carbocycles. The van der Waals surface area contributed by atoms with Crippen LogP contribution in [-0.4, -0.2) is 27.2 Å². The summed E-state index contributed by atoms with van der Waals surface area (Å²) < 4.78 is 56.2. The third-order valence-electron chi connectivity index (χ3n) is 4.01. The van der Waals surface area contributed by atoms with Crippen LogP contribution in [0.5, 0.6) is 5.75 Å². The van der Waals surface area contributed by atoms with E-state index < -0.39 is 22.5 Å². The quantitative estimate of drug-likeness (QED) is 0.367. The predicted octanol–water partition coefficient (Wildman–Crippen LogP) is 4.51. The van der Waals surface area contributed by atoms with Crippen molar-refractivity contribution in [3.05, 3.63) is 88.9 Å². The first kappa shape index (κ1) is 23.2. The van der Waals surface area contributed by atoms with Crippen LogP contribution in [0.3, 0.4) is 0 Å². The van der Waals surface area contributed by atoms with Crippen LogP contribution in [0, 0.1) is 0 Å². The van der Waals surface area contributed by atoms with Crippen molar-refractivity contribution in [3.63, 3.8) is 0 Å². The first-order valence-electron chi connectivity index (χ1n) is 9.00. The number of benzene rings is 3. The Labute approximate surface area is 187 Å². The molecule has 32 heavy (non-hydrogen) atoms. The van der Waals surface area contributed by atoms with Crippen molar-refractivity contribution in [2.75, 3.05) is 4.72 Å². The van der Waals surface area contributed by atoms with Gasteiger partial charge in [-0.1, -0.05) is 29.8 Å². The molecule has 0 heterocycles. The van der Waals surface area contributed by atoms with Gasteiger partial charge in [-0.2, -0.15) is 13.9 Å². The second-order valence-electron chi connectivity index (χ2n) is 6.26. The van der Waals surface area contributed by atoms with Gasteiger partial charge < -0.3 is 4.74 Å². The summed E-state index contributed by atoms with van der Waals surface area (Å²) >= 11 is 5.99. The highest BCUT2D eigenvalue weighted by Gasteiger charge is 2.17. The molecule has 3 rings (SSSR count). The SMILES string of the molecule is O=C(N/N=C/c1ccc(OC(F)F)cc1)c1cccc(S(=O)(=O)Nc2ccccc2Cl)c1. The Morgan fingerprint density at radius 2 is 1.75 bits per heavy atom. The number of rotatable bonds is 8. The lowest BCUT2D eigenvalue weighted by molar-refractivity contribution is -0.0498. The van der Waals surface area contributed by atoms with E-state index in [4.69, 9.17) is 11.6 Å². The van der Waals surface area contributed by atoms with Gasteiger partial charge >= 0.3 is 6.61 Å². The fourth-order valence-corrected chi connectivity index (χ4v) is 3.88. The van der Waals surface area contributed by atoms with Gasteiger partial charge in [0.05, 0.1) is 21.8 Å². The van der Waals surface area contributed by atoms with Crippen LogP contribution < -0.4 is 14.9 Å². The van der Waals surface area contributed by atoms with Gasteiger partial charge in [0.15, 0.2) is 0 Å². The topological polar surface area (TPSA) is 96.9 Å². The summed E-state index contributed by atoms with van der Waals surface area (Å²) in [4.78, 5) is 12.2. The second-order valence-corrected chi connectivity index (χ2v) is 8.35. The summed E-state index contributed by atoms with van der Waals surface area (Å²) in [6.07, 6.45) is 1.30. The van der Waals surface area contributed by atoms with Crippen LogP contribution in [0.1, 0.15) is 15.9 Å². The fourth-order valence-electron chi connectivity index (χ4n) is 2.52. The number of nitrogens with one attached hydrogen (secondary N) is 2. The van der Waals surface area contributed by atoms with E-state index in [1.165, 1.54) is 60.8 Å². The van der Waals surface area contributed by atoms with Crippen molar-refractivity contribution in [1.82, 2.24) is 5.43 Å². The minimum atomic E-state index is -3.99. The molecule has 0 radical (unpaired) electrons. The number of nitrogens with zero attached hydrogens (tertiary/aromatic N) is 1. The maximum absolute atomic E-state index is 12.6. The molecule has 3 aromatic rings. The molecule has 0 unspecified atom stereocenters. The number of para-hydroxylation sites is 1. The zero-order valence-corrected chi connectivity index (χ0v) is 17.8. The number of carbonyl (C=O) groups excluding carboxylic acids is 1. The summed E-state index contributed by atoms with van der Waals surface area (Å²) in [6, 6.07) is 17.3. The molecule has 0 saturated heterocycles. The summed E-state index contributed by atoms with van der Waals surface area (Å²) in [6.45, 7) is -2.92. The Hall–Kier alpha value is -3.50. The number of anilines is 1. The van der Waals surface area contributed by atoms with Crippen molar-refractivity contribution >= 4 is 39.4 Å². The number of hydrogen-bond donors (Lipinski definition) is 2. The van der Waals surface area contributed by atoms with Gasteiger partial charge in [0, 0.05) is 5.56 Å². The number of ether oxygens (including phenoxy) is 1. The molecule has 166 valence electrons. The Balaban J connectivity index is 1.67. The van der Waals surface area contributed by atoms with Gasteiger partial charge in [-0.05, 0) is 60.2 Å². The smallest absolute Gasteiger partial charge is 0.387 e. The molecule has 0 aromatic heterocycles. The first-order valence-corrected chi connectivity index (χ1v) is 10.9. The number of sulfonamides is 1. The zero-order valence-electron chi connectivity index (χ0n) is 16.2. The number of carbonyl (C=O) groups is 1. The van der Waals surface area contributed by atoms with E-state index >= 15 is 0 Å². The lowest BCUT2D eigenvalue weighted by atomic mass is 10.2. The molecule has 0 spiro atoms. The third-order valence-corrected chi connectivity index (χ3v) is 5.70. The molecular formula is C21H16ClF2N3O4S. The number of amides is 1. The van der Waals surface area contributed by atoms with E-state index in [1.54, 1.807) is 18.2 Å². The van der Waals surface area contributed by atoms with Crippen molar-refractivity contribution in [1.29, 1.82) is 0 Å². The fraction of sp³-hybridized carbons (Fsp3) is 0.0476. The average Bonchev–Trinajstić information content (AvgIpc) is 2.76. The van der Waals surface area contributed by atoms with E-state index in [0.717, 1.165) is 0 Å². The monoisotopic (exact) mass is 479 g/mol. The van der Waals surface area contributed by atoms with E-state index in [1.807, 2.05) is 0 Å². The highest BCUT2D eigenvalue weighted by molar-refractivity contribution is 7.92. The van der Waals surface area contributed by atoms with Crippen LogP contribution in [0.25, 0.3) is 0 Å². The van der Waals surface area contributed by atoms with Crippen LogP contribution in [-0.2, 0) is 10.0 Å². The van der Waals surface area contributed by atoms with Crippen LogP contribution in [0.2, 0.25) is 5.02 Å². The van der Waals surface area contributed by atoms with Gasteiger partial charge in [-0.15, -0.1) is 0 Å². The summed E-state index contributed by atoms with van der Waals surface area (Å²) in [5.41, 5.74) is 3.06. The minimum absolute atomic E-state index is 0.00962. The van der Waals surface area contributed by atoms with Gasteiger partial charge in [0.25, 0.3) is 15.9 Å². The Kier molecular flexibility index (Phi) is 7.39. The van der Waals surface area contributed by atoms with E-state index in [2.05, 4.69) is 20.0 Å². The maximum Gasteiger partial charge on any atom is 0.387 e. The summed E-state index contributed by atoms with van der Waals surface area (Å²) in [5.74, 6) is -0.654. The maximum atomic E-state index is 12.6. The molecule has 1 amide bonds. The number of halogens is 3. The lowest BCUT2D eigenvalue weighted by Gasteiger charge is -2.10. The second kappa shape index (κ2) is 10.2. The van der Waals surface area contributed by atoms with E-state index in [9.17, 15) is 22.0 Å². The Morgan fingerprint density at radius 3 is 2.44 bits per heavy atom. The molecule has 3 aromatic carbocycles. The van der Waals surface area contributed by atoms with Crippen molar-refractivity contribution in [2.45, 2.75) is 11.5 Å². The molecule has 0 fully saturated rings. The molecule has 7 nitrogen and oxygen atoms in total. The van der Waals surface area contributed by atoms with Gasteiger partial charge in [-0.25, -0.2) is 13.8 Å². The normalized spacial score (nSPS) is 11.5. The molecular weight excluding hydrogens is 464 g/mol. The summed E-state index contributed by atoms with van der Waals surface area (Å²) in [7, 11) is -3.99. The lowest BCUT2D eigenvalue weighted by Crippen LogP contribution is -2.19. The van der Waals surface area contributed by atoms with Crippen molar-refractivity contribution < 1.29 is 26.7 Å². The minimum Gasteiger partial charge on any atom is -0.435 e. The van der Waals surface area contributed by atoms with Gasteiger partial charge in [0.1, 0.15) is 5.75 Å². The van der Waals surface area contributed by atoms with Crippen molar-refractivity contribution in [2.24, 2.45) is 5.10 Å². The number of alkyl halides is 2. The standard InChI is InChI=1S/C21H16ClF2N3O4S/c22-18-6-1-2-7-19(18)27-32(29,30)17-5-3-4-15(12-17)20(28)26-25-13-14-8-10-16(11-9-14)31-21(23)24/h1-13,21,27H,(H,26,28)/b25-13+. The highest BCUT2D eigenvalue weighted by Crippen LogP contribution is 2.24. The molecule has 11 heteroatoms. The average molecular weight is 480 g/mol. The Bertz CT molecular complexity index is 1240. The van der Waals surface area contributed by atoms with E-state index in [0.29, 0.717) is 5.56 Å². The molecule has 0 bridgehead atoms.